The van der Waals surface area contributed by atoms with Gasteiger partial charge in [0.15, 0.2) is 5.16 Å². The van der Waals surface area contributed by atoms with Crippen LogP contribution in [-0.4, -0.2) is 26.4 Å². The quantitative estimate of drug-likeness (QED) is 0.271. The Kier molecular flexibility index (Phi) is 3.06. The molecule has 1 aromatic rings. The van der Waals surface area contributed by atoms with E-state index in [2.05, 4.69) is 10.1 Å². The molecular formula is C5H9N5OS. The van der Waals surface area contributed by atoms with Gasteiger partial charge >= 0.3 is 0 Å². The zero-order valence-corrected chi connectivity index (χ0v) is 7.34. The van der Waals surface area contributed by atoms with E-state index in [9.17, 15) is 4.79 Å². The number of aromatic nitrogens is 3. The monoisotopic (exact) mass is 187 g/mol. The smallest absolute Gasteiger partial charge is 0.244 e. The zero-order chi connectivity index (χ0) is 8.97. The Hall–Kier alpha value is -1.08. The topological polar surface area (TPSA) is 85.8 Å². The number of carbonyl (C=O) groups is 1. The maximum atomic E-state index is 10.7. The Morgan fingerprint density at radius 3 is 3.17 bits per heavy atom. The van der Waals surface area contributed by atoms with E-state index in [0.717, 1.165) is 0 Å². The number of thioether (sulfide) groups is 1. The van der Waals surface area contributed by atoms with Crippen molar-refractivity contribution in [1.29, 1.82) is 0 Å². The first kappa shape index (κ1) is 9.01. The summed E-state index contributed by atoms with van der Waals surface area (Å²) < 4.78 is 1.59. The number of hydrazine groups is 1. The summed E-state index contributed by atoms with van der Waals surface area (Å²) >= 11 is 1.28. The lowest BCUT2D eigenvalue weighted by Crippen LogP contribution is -2.31. The third-order valence-electron chi connectivity index (χ3n) is 1.16. The van der Waals surface area contributed by atoms with Crippen molar-refractivity contribution in [2.45, 2.75) is 5.16 Å². The summed E-state index contributed by atoms with van der Waals surface area (Å²) in [5, 5.41) is 4.54. The van der Waals surface area contributed by atoms with Crippen molar-refractivity contribution in [2.24, 2.45) is 12.9 Å². The highest BCUT2D eigenvalue weighted by Crippen LogP contribution is 2.11. The average Bonchev–Trinajstić information content (AvgIpc) is 2.47. The molecule has 1 amide bonds. The number of nitrogens with two attached hydrogens (primary N) is 1. The molecule has 6 nitrogen and oxygen atoms in total. The average molecular weight is 187 g/mol. The van der Waals surface area contributed by atoms with E-state index in [1.54, 1.807) is 11.7 Å². The van der Waals surface area contributed by atoms with Gasteiger partial charge in [0, 0.05) is 7.05 Å². The molecule has 0 radical (unpaired) electrons. The summed E-state index contributed by atoms with van der Waals surface area (Å²) in [4.78, 5) is 14.6. The van der Waals surface area contributed by atoms with Crippen LogP contribution in [0.15, 0.2) is 11.5 Å². The number of amides is 1. The SMILES string of the molecule is Cn1ncnc1SCC(=O)NN. The van der Waals surface area contributed by atoms with E-state index in [-0.39, 0.29) is 11.7 Å². The Bertz CT molecular complexity index is 273. The van der Waals surface area contributed by atoms with Gasteiger partial charge in [-0.15, -0.1) is 0 Å². The van der Waals surface area contributed by atoms with Crippen molar-refractivity contribution in [3.05, 3.63) is 6.33 Å². The van der Waals surface area contributed by atoms with Gasteiger partial charge < -0.3 is 0 Å². The molecule has 0 saturated heterocycles. The molecule has 0 aliphatic rings. The van der Waals surface area contributed by atoms with Crippen molar-refractivity contribution in [3.63, 3.8) is 0 Å². The van der Waals surface area contributed by atoms with E-state index in [4.69, 9.17) is 5.84 Å². The molecule has 1 aromatic heterocycles. The Labute approximate surface area is 73.5 Å². The van der Waals surface area contributed by atoms with Gasteiger partial charge in [-0.2, -0.15) is 5.10 Å². The maximum Gasteiger partial charge on any atom is 0.244 e. The van der Waals surface area contributed by atoms with Crippen LogP contribution in [0.1, 0.15) is 0 Å². The second-order valence-electron chi connectivity index (χ2n) is 2.02. The van der Waals surface area contributed by atoms with Crippen molar-refractivity contribution >= 4 is 17.7 Å². The second kappa shape index (κ2) is 4.07. The van der Waals surface area contributed by atoms with Gasteiger partial charge in [-0.25, -0.2) is 15.5 Å². The highest BCUT2D eigenvalue weighted by atomic mass is 32.2. The molecule has 7 heteroatoms. The number of nitrogens with one attached hydrogen (secondary N) is 1. The van der Waals surface area contributed by atoms with Crippen molar-refractivity contribution in [1.82, 2.24) is 20.2 Å². The molecule has 0 fully saturated rings. The van der Waals surface area contributed by atoms with Gasteiger partial charge in [-0.05, 0) is 0 Å². The fourth-order valence-corrected chi connectivity index (χ4v) is 1.29. The van der Waals surface area contributed by atoms with Crippen LogP contribution in [0.5, 0.6) is 0 Å². The van der Waals surface area contributed by atoms with Crippen LogP contribution < -0.4 is 11.3 Å². The number of aryl methyl sites for hydroxylation is 1. The summed E-state index contributed by atoms with van der Waals surface area (Å²) in [7, 11) is 1.76. The summed E-state index contributed by atoms with van der Waals surface area (Å²) in [5.74, 6) is 4.91. The van der Waals surface area contributed by atoms with Gasteiger partial charge in [0.05, 0.1) is 5.75 Å². The van der Waals surface area contributed by atoms with Crippen LogP contribution >= 0.6 is 11.8 Å². The molecule has 1 rings (SSSR count). The van der Waals surface area contributed by atoms with Crippen LogP contribution in [-0.2, 0) is 11.8 Å². The van der Waals surface area contributed by atoms with Crippen LogP contribution in [0, 0.1) is 0 Å². The number of hydrogen-bond acceptors (Lipinski definition) is 5. The lowest BCUT2D eigenvalue weighted by Gasteiger charge is -1.98. The van der Waals surface area contributed by atoms with Gasteiger partial charge in [-0.3, -0.25) is 10.2 Å². The third kappa shape index (κ3) is 2.21. The molecule has 0 spiro atoms. The molecule has 0 aromatic carbocycles. The molecular weight excluding hydrogens is 178 g/mol. The number of rotatable bonds is 3. The number of carbonyl (C=O) groups excluding carboxylic acids is 1. The van der Waals surface area contributed by atoms with E-state index in [1.807, 2.05) is 5.43 Å². The van der Waals surface area contributed by atoms with Crippen LogP contribution in [0.3, 0.4) is 0 Å². The first-order valence-corrected chi connectivity index (χ1v) is 4.19. The fraction of sp³-hybridized carbons (Fsp3) is 0.400. The maximum absolute atomic E-state index is 10.7. The highest BCUT2D eigenvalue weighted by molar-refractivity contribution is 7.99. The minimum Gasteiger partial charge on any atom is -0.294 e. The van der Waals surface area contributed by atoms with Crippen LogP contribution in [0.2, 0.25) is 0 Å². The number of nitrogens with zero attached hydrogens (tertiary/aromatic N) is 3. The Balaban J connectivity index is 2.43. The van der Waals surface area contributed by atoms with E-state index >= 15 is 0 Å². The van der Waals surface area contributed by atoms with Crippen molar-refractivity contribution in [3.8, 4) is 0 Å². The lowest BCUT2D eigenvalue weighted by molar-refractivity contribution is -0.118. The second-order valence-corrected chi connectivity index (χ2v) is 2.96. The minimum atomic E-state index is -0.233. The van der Waals surface area contributed by atoms with Gasteiger partial charge in [0.2, 0.25) is 5.91 Å². The lowest BCUT2D eigenvalue weighted by atomic mass is 10.8. The minimum absolute atomic E-state index is 0.233. The molecule has 0 aliphatic carbocycles. The standard InChI is InChI=1S/C5H9N5OS/c1-10-5(7-3-8-10)12-2-4(11)9-6/h3H,2,6H2,1H3,(H,9,11). The Morgan fingerprint density at radius 1 is 1.92 bits per heavy atom. The molecule has 0 saturated carbocycles. The fourth-order valence-electron chi connectivity index (χ4n) is 0.588. The largest absolute Gasteiger partial charge is 0.294 e. The predicted molar refractivity (Wildman–Crippen MR) is 44.1 cm³/mol. The molecule has 0 aliphatic heterocycles. The first-order valence-electron chi connectivity index (χ1n) is 3.20. The molecule has 0 atom stereocenters. The molecule has 12 heavy (non-hydrogen) atoms. The predicted octanol–water partition coefficient (Wildman–Crippen LogP) is -1.10. The summed E-state index contributed by atoms with van der Waals surface area (Å²) in [5.41, 5.74) is 2.03. The molecule has 0 unspecified atom stereocenters. The zero-order valence-electron chi connectivity index (χ0n) is 6.52. The van der Waals surface area contributed by atoms with E-state index in [0.29, 0.717) is 5.16 Å². The third-order valence-corrected chi connectivity index (χ3v) is 2.20. The van der Waals surface area contributed by atoms with Gasteiger partial charge in [-0.1, -0.05) is 11.8 Å². The van der Waals surface area contributed by atoms with Gasteiger partial charge in [0.1, 0.15) is 6.33 Å². The van der Waals surface area contributed by atoms with Crippen molar-refractivity contribution < 1.29 is 4.79 Å². The van der Waals surface area contributed by atoms with E-state index in [1.165, 1.54) is 18.1 Å². The summed E-state index contributed by atoms with van der Waals surface area (Å²) in [6, 6.07) is 0. The summed E-state index contributed by atoms with van der Waals surface area (Å²) in [6.07, 6.45) is 1.43. The van der Waals surface area contributed by atoms with Gasteiger partial charge in [0.25, 0.3) is 0 Å². The van der Waals surface area contributed by atoms with Crippen molar-refractivity contribution in [2.75, 3.05) is 5.75 Å². The highest BCUT2D eigenvalue weighted by Gasteiger charge is 2.04. The Morgan fingerprint density at radius 2 is 2.67 bits per heavy atom. The van der Waals surface area contributed by atoms with Crippen LogP contribution in [0.4, 0.5) is 0 Å². The van der Waals surface area contributed by atoms with E-state index < -0.39 is 0 Å². The first-order chi connectivity index (χ1) is 5.74. The molecule has 66 valence electrons. The molecule has 3 N–H and O–H groups in total. The molecule has 1 heterocycles. The normalized spacial score (nSPS) is 9.83. The van der Waals surface area contributed by atoms with Crippen LogP contribution in [0.25, 0.3) is 0 Å². The molecule has 0 bridgehead atoms. The number of hydrogen-bond donors (Lipinski definition) is 2. The summed E-state index contributed by atoms with van der Waals surface area (Å²) in [6.45, 7) is 0.